The zero-order valence-corrected chi connectivity index (χ0v) is 14.5. The molecule has 0 aromatic carbocycles. The van der Waals surface area contributed by atoms with Gasteiger partial charge in [0, 0.05) is 31.5 Å². The van der Waals surface area contributed by atoms with Gasteiger partial charge in [-0.2, -0.15) is 4.98 Å². The maximum Gasteiger partial charge on any atom is 0.303 e. The Morgan fingerprint density at radius 1 is 1.36 bits per heavy atom. The molecule has 0 bridgehead atoms. The standard InChI is InChI=1S/C18H24N4O3/c1-12(11-17(23)24)10-16-21-15(22-25-16)6-2-5-14-8-7-13-4-3-9-19-18(13)20-14/h7-8,12H,2-6,9-11H2,1H3,(H,19,20)(H,23,24). The predicted octanol–water partition coefficient (Wildman–Crippen LogP) is 2.65. The fraction of sp³-hybridized carbons (Fsp3) is 0.556. The van der Waals surface area contributed by atoms with Crippen LogP contribution >= 0.6 is 0 Å². The van der Waals surface area contributed by atoms with Gasteiger partial charge >= 0.3 is 5.97 Å². The number of aryl methyl sites for hydroxylation is 3. The van der Waals surface area contributed by atoms with E-state index in [1.807, 2.05) is 6.92 Å². The van der Waals surface area contributed by atoms with E-state index in [0.717, 1.165) is 43.7 Å². The number of hydrogen-bond acceptors (Lipinski definition) is 6. The molecule has 1 unspecified atom stereocenters. The van der Waals surface area contributed by atoms with Gasteiger partial charge in [-0.3, -0.25) is 4.79 Å². The molecule has 25 heavy (non-hydrogen) atoms. The Morgan fingerprint density at radius 3 is 3.08 bits per heavy atom. The van der Waals surface area contributed by atoms with E-state index in [9.17, 15) is 4.79 Å². The molecule has 0 radical (unpaired) electrons. The van der Waals surface area contributed by atoms with Crippen molar-refractivity contribution in [3.8, 4) is 0 Å². The van der Waals surface area contributed by atoms with Crippen molar-refractivity contribution in [3.63, 3.8) is 0 Å². The van der Waals surface area contributed by atoms with E-state index in [2.05, 4.69) is 32.6 Å². The zero-order valence-electron chi connectivity index (χ0n) is 14.5. The quantitative estimate of drug-likeness (QED) is 0.759. The molecule has 2 N–H and O–H groups in total. The Bertz CT molecular complexity index is 729. The van der Waals surface area contributed by atoms with Gasteiger partial charge in [-0.15, -0.1) is 0 Å². The van der Waals surface area contributed by atoms with E-state index in [1.54, 1.807) is 0 Å². The second kappa shape index (κ2) is 8.09. The largest absolute Gasteiger partial charge is 0.481 e. The summed E-state index contributed by atoms with van der Waals surface area (Å²) in [4.78, 5) is 19.7. The van der Waals surface area contributed by atoms with Crippen molar-refractivity contribution in [1.29, 1.82) is 0 Å². The summed E-state index contributed by atoms with van der Waals surface area (Å²) in [7, 11) is 0. The molecule has 1 aliphatic heterocycles. The van der Waals surface area contributed by atoms with Crippen LogP contribution in [0, 0.1) is 5.92 Å². The number of anilines is 1. The van der Waals surface area contributed by atoms with Gasteiger partial charge < -0.3 is 14.9 Å². The van der Waals surface area contributed by atoms with Gasteiger partial charge in [0.25, 0.3) is 0 Å². The van der Waals surface area contributed by atoms with Crippen molar-refractivity contribution in [2.75, 3.05) is 11.9 Å². The Morgan fingerprint density at radius 2 is 2.24 bits per heavy atom. The molecule has 0 saturated heterocycles. The summed E-state index contributed by atoms with van der Waals surface area (Å²) in [5.74, 6) is 1.39. The second-order valence-electron chi connectivity index (χ2n) is 6.71. The molecule has 7 heteroatoms. The molecule has 0 aliphatic carbocycles. The lowest BCUT2D eigenvalue weighted by atomic mass is 10.0. The molecule has 1 atom stereocenters. The van der Waals surface area contributed by atoms with Crippen molar-refractivity contribution < 1.29 is 14.4 Å². The molecule has 0 saturated carbocycles. The molecular formula is C18H24N4O3. The fourth-order valence-corrected chi connectivity index (χ4v) is 3.08. The average molecular weight is 344 g/mol. The molecular weight excluding hydrogens is 320 g/mol. The first-order chi connectivity index (χ1) is 12.1. The number of pyridine rings is 1. The van der Waals surface area contributed by atoms with Crippen LogP contribution in [-0.4, -0.2) is 32.7 Å². The molecule has 0 fully saturated rings. The summed E-state index contributed by atoms with van der Waals surface area (Å²) >= 11 is 0. The van der Waals surface area contributed by atoms with Gasteiger partial charge in [-0.1, -0.05) is 18.1 Å². The third kappa shape index (κ3) is 5.01. The van der Waals surface area contributed by atoms with Crippen LogP contribution in [0.4, 0.5) is 5.82 Å². The van der Waals surface area contributed by atoms with Crippen LogP contribution in [0.2, 0.25) is 0 Å². The van der Waals surface area contributed by atoms with Crippen LogP contribution in [0.15, 0.2) is 16.7 Å². The zero-order chi connectivity index (χ0) is 17.6. The number of fused-ring (bicyclic) bond motifs is 1. The van der Waals surface area contributed by atoms with Gasteiger partial charge in [0.1, 0.15) is 5.82 Å². The van der Waals surface area contributed by atoms with E-state index >= 15 is 0 Å². The lowest BCUT2D eigenvalue weighted by Gasteiger charge is -2.17. The fourth-order valence-electron chi connectivity index (χ4n) is 3.08. The summed E-state index contributed by atoms with van der Waals surface area (Å²) in [6, 6.07) is 4.27. The van der Waals surface area contributed by atoms with Gasteiger partial charge in [0.2, 0.25) is 5.89 Å². The molecule has 1 aliphatic rings. The first kappa shape index (κ1) is 17.4. The molecule has 2 aromatic rings. The van der Waals surface area contributed by atoms with Gasteiger partial charge in [0.15, 0.2) is 5.82 Å². The summed E-state index contributed by atoms with van der Waals surface area (Å²) in [5, 5.41) is 16.1. The Kier molecular flexibility index (Phi) is 5.63. The van der Waals surface area contributed by atoms with Crippen LogP contribution in [0.5, 0.6) is 0 Å². The predicted molar refractivity (Wildman–Crippen MR) is 92.5 cm³/mol. The summed E-state index contributed by atoms with van der Waals surface area (Å²) < 4.78 is 5.21. The number of carboxylic acid groups (broad SMARTS) is 1. The number of aliphatic carboxylic acids is 1. The number of aromatic nitrogens is 3. The molecule has 0 amide bonds. The highest BCUT2D eigenvalue weighted by molar-refractivity contribution is 5.66. The minimum absolute atomic E-state index is 0.0157. The third-order valence-corrected chi connectivity index (χ3v) is 4.34. The molecule has 134 valence electrons. The summed E-state index contributed by atoms with van der Waals surface area (Å²) in [6.45, 7) is 2.86. The highest BCUT2D eigenvalue weighted by Crippen LogP contribution is 2.20. The molecule has 3 heterocycles. The Hall–Kier alpha value is -2.44. The highest BCUT2D eigenvalue weighted by Gasteiger charge is 2.14. The number of nitrogens with one attached hydrogen (secondary N) is 1. The maximum atomic E-state index is 10.7. The average Bonchev–Trinajstić information content (AvgIpc) is 3.01. The normalized spacial score (nSPS) is 14.6. The van der Waals surface area contributed by atoms with Crippen molar-refractivity contribution >= 4 is 11.8 Å². The maximum absolute atomic E-state index is 10.7. The van der Waals surface area contributed by atoms with E-state index in [-0.39, 0.29) is 12.3 Å². The van der Waals surface area contributed by atoms with Crippen molar-refractivity contribution in [3.05, 3.63) is 35.1 Å². The smallest absolute Gasteiger partial charge is 0.303 e. The van der Waals surface area contributed by atoms with Crippen LogP contribution in [0.25, 0.3) is 0 Å². The topological polar surface area (TPSA) is 101 Å². The van der Waals surface area contributed by atoms with E-state index in [1.165, 1.54) is 12.0 Å². The Labute approximate surface area is 146 Å². The van der Waals surface area contributed by atoms with Crippen LogP contribution < -0.4 is 5.32 Å². The minimum atomic E-state index is -0.806. The number of carboxylic acids is 1. The molecule has 7 nitrogen and oxygen atoms in total. The lowest BCUT2D eigenvalue weighted by molar-refractivity contribution is -0.137. The Balaban J connectivity index is 1.47. The van der Waals surface area contributed by atoms with Gasteiger partial charge in [-0.25, -0.2) is 4.98 Å². The lowest BCUT2D eigenvalue weighted by Crippen LogP contribution is -2.14. The number of rotatable bonds is 8. The monoisotopic (exact) mass is 344 g/mol. The summed E-state index contributed by atoms with van der Waals surface area (Å²) in [5.41, 5.74) is 2.38. The second-order valence-corrected chi connectivity index (χ2v) is 6.71. The third-order valence-electron chi connectivity index (χ3n) is 4.34. The molecule has 3 rings (SSSR count). The van der Waals surface area contributed by atoms with E-state index in [0.29, 0.717) is 18.1 Å². The van der Waals surface area contributed by atoms with Crippen molar-refractivity contribution in [2.24, 2.45) is 5.92 Å². The number of carbonyl (C=O) groups is 1. The van der Waals surface area contributed by atoms with Gasteiger partial charge in [0.05, 0.1) is 0 Å². The van der Waals surface area contributed by atoms with Crippen molar-refractivity contribution in [1.82, 2.24) is 15.1 Å². The minimum Gasteiger partial charge on any atom is -0.481 e. The molecule has 2 aromatic heterocycles. The van der Waals surface area contributed by atoms with Crippen LogP contribution in [0.1, 0.15) is 49.2 Å². The highest BCUT2D eigenvalue weighted by atomic mass is 16.5. The first-order valence-corrected chi connectivity index (χ1v) is 8.86. The number of nitrogens with zero attached hydrogens (tertiary/aromatic N) is 3. The SMILES string of the molecule is CC(CC(=O)O)Cc1nc(CCCc2ccc3c(n2)NCCC3)no1. The van der Waals surface area contributed by atoms with Crippen LogP contribution in [0.3, 0.4) is 0 Å². The van der Waals surface area contributed by atoms with Gasteiger partial charge in [-0.05, 0) is 43.2 Å². The van der Waals surface area contributed by atoms with E-state index < -0.39 is 5.97 Å². The first-order valence-electron chi connectivity index (χ1n) is 8.86. The molecule has 0 spiro atoms. The number of hydrogen-bond donors (Lipinski definition) is 2. The van der Waals surface area contributed by atoms with Crippen molar-refractivity contribution in [2.45, 2.75) is 51.9 Å². The van der Waals surface area contributed by atoms with E-state index in [4.69, 9.17) is 9.63 Å². The van der Waals surface area contributed by atoms with Crippen LogP contribution in [-0.2, 0) is 30.5 Å². The summed E-state index contributed by atoms with van der Waals surface area (Å²) in [6.07, 6.45) is 5.36.